The lowest BCUT2D eigenvalue weighted by molar-refractivity contribution is 0.524. The summed E-state index contributed by atoms with van der Waals surface area (Å²) in [6, 6.07) is 14.9. The highest BCUT2D eigenvalue weighted by molar-refractivity contribution is 9.10. The highest BCUT2D eigenvalue weighted by Gasteiger charge is 2.11. The molecule has 0 aliphatic carbocycles. The van der Waals surface area contributed by atoms with Gasteiger partial charge in [0.05, 0.1) is 0 Å². The van der Waals surface area contributed by atoms with Crippen LogP contribution in [0.2, 0.25) is 0 Å². The predicted molar refractivity (Wildman–Crippen MR) is 83.1 cm³/mol. The fraction of sp³-hybridized carbons (Fsp3) is 0.312. The van der Waals surface area contributed by atoms with E-state index in [0.29, 0.717) is 6.04 Å². The second kappa shape index (κ2) is 7.41. The number of rotatable bonds is 6. The topological polar surface area (TPSA) is 24.9 Å². The molecule has 1 N–H and O–H groups in total. The van der Waals surface area contributed by atoms with Crippen molar-refractivity contribution in [2.75, 3.05) is 6.54 Å². The Morgan fingerprint density at radius 2 is 1.95 bits per heavy atom. The van der Waals surface area contributed by atoms with E-state index in [1.165, 1.54) is 5.56 Å². The van der Waals surface area contributed by atoms with Crippen molar-refractivity contribution in [3.63, 3.8) is 0 Å². The fourth-order valence-corrected chi connectivity index (χ4v) is 2.31. The monoisotopic (exact) mass is 318 g/mol. The van der Waals surface area contributed by atoms with Gasteiger partial charge in [0, 0.05) is 28.8 Å². The first-order chi connectivity index (χ1) is 9.29. The molecule has 1 aromatic heterocycles. The van der Waals surface area contributed by atoms with Gasteiger partial charge in [0.25, 0.3) is 0 Å². The standard InChI is InChI=1S/C16H19BrN2/c1-2-10-19-16(12-15-5-3-4-11-18-15)13-6-8-14(17)9-7-13/h3-9,11,16,19H,2,10,12H2,1H3. The largest absolute Gasteiger partial charge is 0.310 e. The molecule has 2 nitrogen and oxygen atoms in total. The summed E-state index contributed by atoms with van der Waals surface area (Å²) >= 11 is 3.48. The zero-order valence-electron chi connectivity index (χ0n) is 11.1. The van der Waals surface area contributed by atoms with E-state index in [4.69, 9.17) is 0 Å². The van der Waals surface area contributed by atoms with Crippen LogP contribution < -0.4 is 5.32 Å². The normalized spacial score (nSPS) is 12.3. The first-order valence-corrected chi connectivity index (χ1v) is 7.47. The molecule has 1 heterocycles. The molecule has 3 heteroatoms. The van der Waals surface area contributed by atoms with E-state index >= 15 is 0 Å². The van der Waals surface area contributed by atoms with E-state index in [9.17, 15) is 0 Å². The number of pyridine rings is 1. The zero-order valence-corrected chi connectivity index (χ0v) is 12.7. The van der Waals surface area contributed by atoms with Crippen molar-refractivity contribution in [2.24, 2.45) is 0 Å². The third kappa shape index (κ3) is 4.44. The Morgan fingerprint density at radius 1 is 1.16 bits per heavy atom. The Balaban J connectivity index is 2.13. The minimum absolute atomic E-state index is 0.322. The summed E-state index contributed by atoms with van der Waals surface area (Å²) in [4.78, 5) is 4.42. The van der Waals surface area contributed by atoms with Crippen LogP contribution in [0.1, 0.15) is 30.6 Å². The first-order valence-electron chi connectivity index (χ1n) is 6.68. The van der Waals surface area contributed by atoms with Gasteiger partial charge in [0.2, 0.25) is 0 Å². The molecule has 2 aromatic rings. The first kappa shape index (κ1) is 14.2. The Kier molecular flexibility index (Phi) is 5.55. The molecular weight excluding hydrogens is 300 g/mol. The summed E-state index contributed by atoms with van der Waals surface area (Å²) in [5.41, 5.74) is 2.43. The van der Waals surface area contributed by atoms with Gasteiger partial charge in [-0.1, -0.05) is 41.1 Å². The van der Waals surface area contributed by atoms with Crippen molar-refractivity contribution in [2.45, 2.75) is 25.8 Å². The maximum atomic E-state index is 4.42. The molecule has 0 amide bonds. The summed E-state index contributed by atoms with van der Waals surface area (Å²) in [5, 5.41) is 3.60. The lowest BCUT2D eigenvalue weighted by Crippen LogP contribution is -2.24. The zero-order chi connectivity index (χ0) is 13.5. The molecule has 0 saturated carbocycles. The summed E-state index contributed by atoms with van der Waals surface area (Å²) in [5.74, 6) is 0. The molecule has 100 valence electrons. The van der Waals surface area contributed by atoms with Crippen molar-refractivity contribution in [3.8, 4) is 0 Å². The second-order valence-electron chi connectivity index (χ2n) is 4.58. The minimum atomic E-state index is 0.322. The highest BCUT2D eigenvalue weighted by atomic mass is 79.9. The number of halogens is 1. The van der Waals surface area contributed by atoms with Gasteiger partial charge in [0.1, 0.15) is 0 Å². The number of benzene rings is 1. The van der Waals surface area contributed by atoms with E-state index in [1.54, 1.807) is 0 Å². The van der Waals surface area contributed by atoms with Crippen LogP contribution in [0.5, 0.6) is 0 Å². The maximum Gasteiger partial charge on any atom is 0.0422 e. The maximum absolute atomic E-state index is 4.42. The summed E-state index contributed by atoms with van der Waals surface area (Å²) in [6.07, 6.45) is 3.91. The molecule has 0 bridgehead atoms. The van der Waals surface area contributed by atoms with Crippen molar-refractivity contribution in [3.05, 3.63) is 64.4 Å². The highest BCUT2D eigenvalue weighted by Crippen LogP contribution is 2.20. The van der Waals surface area contributed by atoms with Gasteiger partial charge in [-0.25, -0.2) is 0 Å². The number of hydrogen-bond donors (Lipinski definition) is 1. The molecule has 0 spiro atoms. The van der Waals surface area contributed by atoms with E-state index in [-0.39, 0.29) is 0 Å². The Bertz CT molecular complexity index is 482. The van der Waals surface area contributed by atoms with Gasteiger partial charge >= 0.3 is 0 Å². The molecule has 1 unspecified atom stereocenters. The average Bonchev–Trinajstić information content (AvgIpc) is 2.45. The Hall–Kier alpha value is -1.19. The van der Waals surface area contributed by atoms with Crippen molar-refractivity contribution in [1.29, 1.82) is 0 Å². The summed E-state index contributed by atoms with van der Waals surface area (Å²) in [7, 11) is 0. The van der Waals surface area contributed by atoms with Crippen LogP contribution in [0.3, 0.4) is 0 Å². The number of hydrogen-bond acceptors (Lipinski definition) is 2. The number of nitrogens with one attached hydrogen (secondary N) is 1. The molecule has 19 heavy (non-hydrogen) atoms. The van der Waals surface area contributed by atoms with Crippen LogP contribution >= 0.6 is 15.9 Å². The smallest absolute Gasteiger partial charge is 0.0422 e. The molecule has 0 fully saturated rings. The van der Waals surface area contributed by atoms with Gasteiger partial charge in [-0.2, -0.15) is 0 Å². The minimum Gasteiger partial charge on any atom is -0.310 e. The van der Waals surface area contributed by atoms with Crippen LogP contribution in [0.4, 0.5) is 0 Å². The quantitative estimate of drug-likeness (QED) is 0.866. The van der Waals surface area contributed by atoms with Crippen LogP contribution in [-0.4, -0.2) is 11.5 Å². The van der Waals surface area contributed by atoms with Crippen molar-refractivity contribution in [1.82, 2.24) is 10.3 Å². The third-order valence-electron chi connectivity index (χ3n) is 3.05. The van der Waals surface area contributed by atoms with Gasteiger partial charge < -0.3 is 5.32 Å². The van der Waals surface area contributed by atoms with E-state index in [0.717, 1.165) is 29.6 Å². The Labute approximate surface area is 123 Å². The van der Waals surface area contributed by atoms with Crippen LogP contribution in [0.25, 0.3) is 0 Å². The van der Waals surface area contributed by atoms with E-state index in [1.807, 2.05) is 18.3 Å². The number of aromatic nitrogens is 1. The van der Waals surface area contributed by atoms with Gasteiger partial charge in [-0.3, -0.25) is 4.98 Å². The van der Waals surface area contributed by atoms with Gasteiger partial charge in [-0.05, 0) is 42.8 Å². The molecule has 2 rings (SSSR count). The second-order valence-corrected chi connectivity index (χ2v) is 5.50. The molecule has 1 aromatic carbocycles. The van der Waals surface area contributed by atoms with Crippen LogP contribution in [0, 0.1) is 0 Å². The lowest BCUT2D eigenvalue weighted by Gasteiger charge is -2.18. The molecule has 0 aliphatic heterocycles. The molecule has 0 radical (unpaired) electrons. The average molecular weight is 319 g/mol. The van der Waals surface area contributed by atoms with Gasteiger partial charge in [0.15, 0.2) is 0 Å². The Morgan fingerprint density at radius 3 is 2.58 bits per heavy atom. The third-order valence-corrected chi connectivity index (χ3v) is 3.58. The van der Waals surface area contributed by atoms with E-state index in [2.05, 4.69) is 63.5 Å². The molecule has 0 saturated heterocycles. The summed E-state index contributed by atoms with van der Waals surface area (Å²) in [6.45, 7) is 3.21. The summed E-state index contributed by atoms with van der Waals surface area (Å²) < 4.78 is 1.11. The molecule has 1 atom stereocenters. The van der Waals surface area contributed by atoms with Gasteiger partial charge in [-0.15, -0.1) is 0 Å². The number of nitrogens with zero attached hydrogens (tertiary/aromatic N) is 1. The van der Waals surface area contributed by atoms with E-state index < -0.39 is 0 Å². The van der Waals surface area contributed by atoms with Crippen LogP contribution in [-0.2, 0) is 6.42 Å². The van der Waals surface area contributed by atoms with Crippen LogP contribution in [0.15, 0.2) is 53.1 Å². The molecular formula is C16H19BrN2. The molecule has 0 aliphatic rings. The SMILES string of the molecule is CCCNC(Cc1ccccn1)c1ccc(Br)cc1. The van der Waals surface area contributed by atoms with Crippen molar-refractivity contribution < 1.29 is 0 Å². The van der Waals surface area contributed by atoms with Crippen molar-refractivity contribution >= 4 is 15.9 Å². The predicted octanol–water partition coefficient (Wildman–Crippen LogP) is 4.13. The lowest BCUT2D eigenvalue weighted by atomic mass is 10.0. The fourth-order valence-electron chi connectivity index (χ4n) is 2.05.